The number of benzene rings is 12. The molecule has 0 aromatic heterocycles. The van der Waals surface area contributed by atoms with Crippen molar-refractivity contribution in [2.75, 3.05) is 9.80 Å². The first kappa shape index (κ1) is 43.9. The molecule has 2 aliphatic rings. The maximum atomic E-state index is 14.6. The fourth-order valence-corrected chi connectivity index (χ4v) is 12.8. The molecule has 0 fully saturated rings. The van der Waals surface area contributed by atoms with E-state index < -0.39 is 0 Å². The SMILES string of the molecule is CC1(C)c2ccccc2-c2c(N(c3ccc(-c4cccc(F)c4)cc3)c3ccc4ccc5c(N(c6ccc(-c7cccc(F)c7)cc6)c6cccc7c6-c6ccccc6C7(C)C)ccc6ccc3c4c65)cccc21. The van der Waals surface area contributed by atoms with E-state index in [1.165, 1.54) is 67.4 Å². The van der Waals surface area contributed by atoms with E-state index in [0.29, 0.717) is 0 Å². The fraction of sp³-hybridized carbons (Fsp3) is 0.0857. The standard InChI is InChI=1S/C70H50F2N2/c1-69(2)57-19-7-5-17-53(57)67-59(69)21-11-23-63(67)73(51-33-25-43(26-34-51)47-13-9-15-49(71)41-47)61-39-31-45-30-38-56-62(40-32-46-29-37-55(61)65(45)66(46)56)74(52-35-27-44(28-36-52)48-14-10-16-50(72)42-48)64-24-12-22-60-68(64)54-18-6-8-20-58(54)70(60,3)4/h5-42H,1-4H3. The third-order valence-electron chi connectivity index (χ3n) is 16.3. The normalized spacial score (nSPS) is 13.8. The summed E-state index contributed by atoms with van der Waals surface area (Å²) in [7, 11) is 0. The third-order valence-corrected chi connectivity index (χ3v) is 16.3. The highest BCUT2D eigenvalue weighted by Gasteiger charge is 2.39. The minimum Gasteiger partial charge on any atom is -0.309 e. The Hall–Kier alpha value is -8.86. The van der Waals surface area contributed by atoms with Crippen LogP contribution >= 0.6 is 0 Å². The van der Waals surface area contributed by atoms with Crippen molar-refractivity contribution in [3.8, 4) is 44.5 Å². The molecule has 0 heterocycles. The fourth-order valence-electron chi connectivity index (χ4n) is 12.8. The van der Waals surface area contributed by atoms with E-state index in [1.54, 1.807) is 24.3 Å². The smallest absolute Gasteiger partial charge is 0.123 e. The van der Waals surface area contributed by atoms with Gasteiger partial charge in [-0.1, -0.05) is 185 Å². The largest absolute Gasteiger partial charge is 0.309 e. The molecule has 0 N–H and O–H groups in total. The van der Waals surface area contributed by atoms with Gasteiger partial charge in [0.05, 0.1) is 22.7 Å². The second-order valence-corrected chi connectivity index (χ2v) is 21.1. The Morgan fingerprint density at radius 2 is 0.689 bits per heavy atom. The monoisotopic (exact) mass is 956 g/mol. The predicted molar refractivity (Wildman–Crippen MR) is 305 cm³/mol. The lowest BCUT2D eigenvalue weighted by Gasteiger charge is -2.31. The van der Waals surface area contributed by atoms with Crippen LogP contribution in [0.25, 0.3) is 76.8 Å². The van der Waals surface area contributed by atoms with Gasteiger partial charge in [-0.05, 0) is 150 Å². The van der Waals surface area contributed by atoms with E-state index >= 15 is 0 Å². The summed E-state index contributed by atoms with van der Waals surface area (Å²) >= 11 is 0. The van der Waals surface area contributed by atoms with Crippen LogP contribution in [0.5, 0.6) is 0 Å². The molecule has 2 aliphatic carbocycles. The zero-order chi connectivity index (χ0) is 50.0. The van der Waals surface area contributed by atoms with Crippen LogP contribution < -0.4 is 9.80 Å². The van der Waals surface area contributed by atoms with Crippen LogP contribution in [0.1, 0.15) is 49.9 Å². The van der Waals surface area contributed by atoms with Crippen LogP contribution in [0, 0.1) is 11.6 Å². The Labute approximate surface area is 430 Å². The minimum atomic E-state index is -0.255. The summed E-state index contributed by atoms with van der Waals surface area (Å²) in [5.74, 6) is -0.509. The summed E-state index contributed by atoms with van der Waals surface area (Å²) in [6.45, 7) is 9.33. The minimum absolute atomic E-state index is 0.198. The molecule has 354 valence electrons. The molecule has 74 heavy (non-hydrogen) atoms. The predicted octanol–water partition coefficient (Wildman–Crippen LogP) is 19.7. The van der Waals surface area contributed by atoms with Crippen molar-refractivity contribution < 1.29 is 8.78 Å². The average molecular weight is 957 g/mol. The van der Waals surface area contributed by atoms with Gasteiger partial charge in [0.25, 0.3) is 0 Å². The first-order valence-electron chi connectivity index (χ1n) is 25.5. The summed E-state index contributed by atoms with van der Waals surface area (Å²) in [6, 6.07) is 80.3. The van der Waals surface area contributed by atoms with Crippen LogP contribution in [0.3, 0.4) is 0 Å². The molecule has 0 saturated carbocycles. The van der Waals surface area contributed by atoms with Gasteiger partial charge >= 0.3 is 0 Å². The van der Waals surface area contributed by atoms with E-state index in [1.807, 2.05) is 12.1 Å². The van der Waals surface area contributed by atoms with Crippen molar-refractivity contribution in [3.05, 3.63) is 264 Å². The van der Waals surface area contributed by atoms with Crippen LogP contribution in [-0.2, 0) is 10.8 Å². The number of rotatable bonds is 8. The van der Waals surface area contributed by atoms with Gasteiger partial charge in [0, 0.05) is 44.1 Å². The third kappa shape index (κ3) is 6.54. The quantitative estimate of drug-likeness (QED) is 0.140. The highest BCUT2D eigenvalue weighted by molar-refractivity contribution is 6.28. The number of nitrogens with zero attached hydrogens (tertiary/aromatic N) is 2. The van der Waals surface area contributed by atoms with Crippen LogP contribution in [0.2, 0.25) is 0 Å². The lowest BCUT2D eigenvalue weighted by atomic mass is 9.82. The van der Waals surface area contributed by atoms with Crippen molar-refractivity contribution in [1.29, 1.82) is 0 Å². The van der Waals surface area contributed by atoms with Gasteiger partial charge in [0.15, 0.2) is 0 Å². The zero-order valence-corrected chi connectivity index (χ0v) is 41.6. The lowest BCUT2D eigenvalue weighted by Crippen LogP contribution is -2.16. The Morgan fingerprint density at radius 3 is 1.11 bits per heavy atom. The Balaban J connectivity index is 1.01. The number of hydrogen-bond acceptors (Lipinski definition) is 2. The highest BCUT2D eigenvalue weighted by atomic mass is 19.1. The number of fused-ring (bicyclic) bond motifs is 6. The molecule has 0 atom stereocenters. The van der Waals surface area contributed by atoms with E-state index in [0.717, 1.165) is 77.9 Å². The topological polar surface area (TPSA) is 6.48 Å². The highest BCUT2D eigenvalue weighted by Crippen LogP contribution is 2.57. The maximum absolute atomic E-state index is 14.6. The molecule has 12 aromatic rings. The summed E-state index contributed by atoms with van der Waals surface area (Å²) in [5, 5.41) is 6.98. The molecule has 0 amide bonds. The van der Waals surface area contributed by atoms with Gasteiger partial charge < -0.3 is 9.80 Å². The van der Waals surface area contributed by atoms with Gasteiger partial charge in [-0.3, -0.25) is 0 Å². The molecular weight excluding hydrogens is 907 g/mol. The second-order valence-electron chi connectivity index (χ2n) is 21.1. The van der Waals surface area contributed by atoms with Crippen LogP contribution in [0.4, 0.5) is 42.9 Å². The molecule has 0 aliphatic heterocycles. The maximum Gasteiger partial charge on any atom is 0.123 e. The van der Waals surface area contributed by atoms with Crippen molar-refractivity contribution >= 4 is 66.4 Å². The first-order valence-corrected chi connectivity index (χ1v) is 25.5. The lowest BCUT2D eigenvalue weighted by molar-refractivity contribution is 0.628. The molecule has 0 unspecified atom stereocenters. The number of anilines is 6. The second kappa shape index (κ2) is 16.3. The Kier molecular flexibility index (Phi) is 9.68. The van der Waals surface area contributed by atoms with E-state index in [2.05, 4.69) is 219 Å². The number of hydrogen-bond donors (Lipinski definition) is 0. The van der Waals surface area contributed by atoms with Crippen LogP contribution in [-0.4, -0.2) is 0 Å². The molecule has 0 radical (unpaired) electrons. The van der Waals surface area contributed by atoms with E-state index in [9.17, 15) is 8.78 Å². The molecule has 2 nitrogen and oxygen atoms in total. The van der Waals surface area contributed by atoms with Crippen LogP contribution in [0.15, 0.2) is 231 Å². The van der Waals surface area contributed by atoms with Gasteiger partial charge in [-0.15, -0.1) is 0 Å². The molecule has 12 aromatic carbocycles. The van der Waals surface area contributed by atoms with Crippen molar-refractivity contribution in [2.45, 2.75) is 38.5 Å². The molecule has 0 bridgehead atoms. The molecule has 0 spiro atoms. The number of halogens is 2. The van der Waals surface area contributed by atoms with Gasteiger partial charge in [0.2, 0.25) is 0 Å². The summed E-state index contributed by atoms with van der Waals surface area (Å²) in [5.41, 5.74) is 19.7. The van der Waals surface area contributed by atoms with Gasteiger partial charge in [-0.25, -0.2) is 8.78 Å². The summed E-state index contributed by atoms with van der Waals surface area (Å²) in [4.78, 5) is 4.89. The van der Waals surface area contributed by atoms with Crippen molar-refractivity contribution in [2.24, 2.45) is 0 Å². The molecule has 4 heteroatoms. The molecular formula is C70H50F2N2. The van der Waals surface area contributed by atoms with Gasteiger partial charge in [0.1, 0.15) is 11.6 Å². The van der Waals surface area contributed by atoms with Crippen molar-refractivity contribution in [3.63, 3.8) is 0 Å². The molecule has 0 saturated heterocycles. The Morgan fingerprint density at radius 1 is 0.311 bits per heavy atom. The zero-order valence-electron chi connectivity index (χ0n) is 41.6. The van der Waals surface area contributed by atoms with E-state index in [-0.39, 0.29) is 22.5 Å². The average Bonchev–Trinajstić information content (AvgIpc) is 3.88. The van der Waals surface area contributed by atoms with E-state index in [4.69, 9.17) is 0 Å². The molecule has 14 rings (SSSR count). The van der Waals surface area contributed by atoms with Crippen molar-refractivity contribution in [1.82, 2.24) is 0 Å². The van der Waals surface area contributed by atoms with Gasteiger partial charge in [-0.2, -0.15) is 0 Å². The Bertz CT molecular complexity index is 3950. The first-order chi connectivity index (χ1) is 36.0. The summed E-state index contributed by atoms with van der Waals surface area (Å²) in [6.07, 6.45) is 0. The summed E-state index contributed by atoms with van der Waals surface area (Å²) < 4.78 is 29.1.